The molecule has 0 aromatic heterocycles. The number of nitrogens with zero attached hydrogens (tertiary/aromatic N) is 1. The molecule has 6 heteroatoms. The zero-order valence-corrected chi connectivity index (χ0v) is 14.3. The average molecular weight is 334 g/mol. The molecule has 0 bridgehead atoms. The summed E-state index contributed by atoms with van der Waals surface area (Å²) < 4.78 is 10.1. The van der Waals surface area contributed by atoms with Gasteiger partial charge in [0.1, 0.15) is 5.75 Å². The van der Waals surface area contributed by atoms with Gasteiger partial charge in [0.05, 0.1) is 26.9 Å². The molecule has 4 atom stereocenters. The standard InChI is InChI=1S/C18H26N2O4/c1-23-13-8-6-12(7-9-13)10-19-17-14-4-3-5-15(14)20(16(17)11-21)18(22)24-2/h6-9,14-17,19,21H,3-5,10-11H2,1-2H3/t14-,15+,16-,17-/m0/s1. The Kier molecular flexibility index (Phi) is 5.26. The van der Waals surface area contributed by atoms with E-state index in [1.165, 1.54) is 7.11 Å². The van der Waals surface area contributed by atoms with Crippen molar-refractivity contribution < 1.29 is 19.4 Å². The van der Waals surface area contributed by atoms with E-state index in [9.17, 15) is 9.90 Å². The molecule has 1 heterocycles. The van der Waals surface area contributed by atoms with Gasteiger partial charge in [0, 0.05) is 18.6 Å². The maximum absolute atomic E-state index is 12.2. The zero-order valence-electron chi connectivity index (χ0n) is 14.3. The number of nitrogens with one attached hydrogen (secondary N) is 1. The van der Waals surface area contributed by atoms with Gasteiger partial charge in [0.2, 0.25) is 0 Å². The first-order valence-corrected chi connectivity index (χ1v) is 8.53. The molecule has 1 saturated carbocycles. The third-order valence-corrected chi connectivity index (χ3v) is 5.40. The summed E-state index contributed by atoms with van der Waals surface area (Å²) in [4.78, 5) is 13.9. The third kappa shape index (κ3) is 3.08. The Morgan fingerprint density at radius 1 is 1.29 bits per heavy atom. The fraction of sp³-hybridized carbons (Fsp3) is 0.611. The third-order valence-electron chi connectivity index (χ3n) is 5.40. The van der Waals surface area contributed by atoms with Crippen LogP contribution in [-0.4, -0.2) is 55.1 Å². The van der Waals surface area contributed by atoms with Crippen molar-refractivity contribution in [2.24, 2.45) is 5.92 Å². The Labute approximate surface area is 142 Å². The number of rotatable bonds is 5. The van der Waals surface area contributed by atoms with Crippen LogP contribution >= 0.6 is 0 Å². The maximum atomic E-state index is 12.2. The molecule has 1 amide bonds. The second-order valence-corrected chi connectivity index (χ2v) is 6.54. The molecule has 1 saturated heterocycles. The highest BCUT2D eigenvalue weighted by Gasteiger charge is 2.52. The molecule has 3 rings (SSSR count). The van der Waals surface area contributed by atoms with Crippen molar-refractivity contribution in [2.45, 2.75) is 43.9 Å². The number of carbonyl (C=O) groups is 1. The molecular formula is C18H26N2O4. The van der Waals surface area contributed by atoms with Crippen LogP contribution in [-0.2, 0) is 11.3 Å². The monoisotopic (exact) mass is 334 g/mol. The number of amides is 1. The highest BCUT2D eigenvalue weighted by atomic mass is 16.5. The van der Waals surface area contributed by atoms with Crippen LogP contribution in [0.1, 0.15) is 24.8 Å². The first-order chi connectivity index (χ1) is 11.7. The van der Waals surface area contributed by atoms with Crippen molar-refractivity contribution in [2.75, 3.05) is 20.8 Å². The van der Waals surface area contributed by atoms with Gasteiger partial charge in [0.25, 0.3) is 0 Å². The van der Waals surface area contributed by atoms with Crippen molar-refractivity contribution >= 4 is 6.09 Å². The minimum Gasteiger partial charge on any atom is -0.497 e. The molecule has 24 heavy (non-hydrogen) atoms. The van der Waals surface area contributed by atoms with Crippen molar-refractivity contribution in [3.63, 3.8) is 0 Å². The minimum atomic E-state index is -0.334. The van der Waals surface area contributed by atoms with E-state index in [4.69, 9.17) is 9.47 Å². The smallest absolute Gasteiger partial charge is 0.410 e. The summed E-state index contributed by atoms with van der Waals surface area (Å²) in [7, 11) is 3.05. The quantitative estimate of drug-likeness (QED) is 0.859. The fourth-order valence-electron chi connectivity index (χ4n) is 4.28. The molecule has 2 fully saturated rings. The van der Waals surface area contributed by atoms with Crippen LogP contribution in [0.25, 0.3) is 0 Å². The zero-order chi connectivity index (χ0) is 17.1. The molecule has 1 aromatic rings. The van der Waals surface area contributed by atoms with Crippen LogP contribution < -0.4 is 10.1 Å². The molecule has 132 valence electrons. The molecule has 1 aliphatic heterocycles. The Morgan fingerprint density at radius 3 is 2.67 bits per heavy atom. The lowest BCUT2D eigenvalue weighted by Gasteiger charge is -2.29. The van der Waals surface area contributed by atoms with Gasteiger partial charge in [-0.1, -0.05) is 18.6 Å². The number of methoxy groups -OCH3 is 2. The minimum absolute atomic E-state index is 0.0532. The van der Waals surface area contributed by atoms with Gasteiger partial charge in [-0.25, -0.2) is 4.79 Å². The average Bonchev–Trinajstić information content (AvgIpc) is 3.19. The molecule has 6 nitrogen and oxygen atoms in total. The van der Waals surface area contributed by atoms with Gasteiger partial charge in [-0.15, -0.1) is 0 Å². The molecule has 0 unspecified atom stereocenters. The van der Waals surface area contributed by atoms with E-state index in [1.807, 2.05) is 24.3 Å². The van der Waals surface area contributed by atoms with Crippen molar-refractivity contribution in [1.82, 2.24) is 10.2 Å². The second kappa shape index (κ2) is 7.40. The predicted octanol–water partition coefficient (Wildman–Crippen LogP) is 1.76. The Hall–Kier alpha value is -1.79. The van der Waals surface area contributed by atoms with Gasteiger partial charge < -0.3 is 19.9 Å². The van der Waals surface area contributed by atoms with Crippen molar-refractivity contribution in [1.29, 1.82) is 0 Å². The molecule has 2 aliphatic rings. The van der Waals surface area contributed by atoms with Gasteiger partial charge in [-0.05, 0) is 36.5 Å². The number of fused-ring (bicyclic) bond motifs is 1. The van der Waals surface area contributed by atoms with E-state index in [2.05, 4.69) is 5.32 Å². The summed E-state index contributed by atoms with van der Waals surface area (Å²) in [6.45, 7) is 0.645. The van der Waals surface area contributed by atoms with E-state index in [0.29, 0.717) is 12.5 Å². The number of hydrogen-bond donors (Lipinski definition) is 2. The number of likely N-dealkylation sites (tertiary alicyclic amines) is 1. The largest absolute Gasteiger partial charge is 0.497 e. The number of hydrogen-bond acceptors (Lipinski definition) is 5. The lowest BCUT2D eigenvalue weighted by Crippen LogP contribution is -2.49. The van der Waals surface area contributed by atoms with E-state index >= 15 is 0 Å². The molecule has 0 radical (unpaired) electrons. The maximum Gasteiger partial charge on any atom is 0.410 e. The lowest BCUT2D eigenvalue weighted by molar-refractivity contribution is 0.0796. The highest BCUT2D eigenvalue weighted by molar-refractivity contribution is 5.69. The SMILES string of the molecule is COC(=O)N1[C@@H]2CCC[C@@H]2[C@H](NCc2ccc(OC)cc2)[C@@H]1CO. The topological polar surface area (TPSA) is 71.0 Å². The van der Waals surface area contributed by atoms with Crippen LogP contribution in [0.2, 0.25) is 0 Å². The van der Waals surface area contributed by atoms with E-state index in [1.54, 1.807) is 12.0 Å². The predicted molar refractivity (Wildman–Crippen MR) is 89.9 cm³/mol. The number of carbonyl (C=O) groups excluding carboxylic acids is 1. The fourth-order valence-corrected chi connectivity index (χ4v) is 4.28. The van der Waals surface area contributed by atoms with Crippen LogP contribution in [0.15, 0.2) is 24.3 Å². The Morgan fingerprint density at radius 2 is 2.04 bits per heavy atom. The second-order valence-electron chi connectivity index (χ2n) is 6.54. The van der Waals surface area contributed by atoms with Crippen molar-refractivity contribution in [3.05, 3.63) is 29.8 Å². The summed E-state index contributed by atoms with van der Waals surface area (Å²) in [5.74, 6) is 1.21. The lowest BCUT2D eigenvalue weighted by atomic mass is 9.95. The van der Waals surface area contributed by atoms with Crippen LogP contribution in [0.4, 0.5) is 4.79 Å². The van der Waals surface area contributed by atoms with Crippen molar-refractivity contribution in [3.8, 4) is 5.75 Å². The first-order valence-electron chi connectivity index (χ1n) is 8.53. The van der Waals surface area contributed by atoms with Gasteiger partial charge in [0.15, 0.2) is 0 Å². The molecule has 1 aromatic carbocycles. The van der Waals surface area contributed by atoms with Gasteiger partial charge in [-0.2, -0.15) is 0 Å². The van der Waals surface area contributed by atoms with Crippen LogP contribution in [0.3, 0.4) is 0 Å². The van der Waals surface area contributed by atoms with Gasteiger partial charge in [-0.3, -0.25) is 4.90 Å². The van der Waals surface area contributed by atoms with Gasteiger partial charge >= 0.3 is 6.09 Å². The summed E-state index contributed by atoms with van der Waals surface area (Å²) in [5.41, 5.74) is 1.15. The highest BCUT2D eigenvalue weighted by Crippen LogP contribution is 2.41. The molecule has 2 N–H and O–H groups in total. The molecular weight excluding hydrogens is 308 g/mol. The molecule has 1 aliphatic carbocycles. The Balaban J connectivity index is 1.71. The summed E-state index contributed by atoms with van der Waals surface area (Å²) >= 11 is 0. The van der Waals surface area contributed by atoms with E-state index in [0.717, 1.165) is 30.6 Å². The number of aliphatic hydroxyl groups excluding tert-OH is 1. The number of benzene rings is 1. The van der Waals surface area contributed by atoms with E-state index < -0.39 is 0 Å². The Bertz CT molecular complexity index is 563. The molecule has 0 spiro atoms. The first kappa shape index (κ1) is 17.0. The van der Waals surface area contributed by atoms with Crippen LogP contribution in [0, 0.1) is 5.92 Å². The van der Waals surface area contributed by atoms with Crippen LogP contribution in [0.5, 0.6) is 5.75 Å². The van der Waals surface area contributed by atoms with E-state index in [-0.39, 0.29) is 30.8 Å². The summed E-state index contributed by atoms with van der Waals surface area (Å²) in [5, 5.41) is 13.4. The number of ether oxygens (including phenoxy) is 2. The summed E-state index contributed by atoms with van der Waals surface area (Å²) in [6.07, 6.45) is 2.84. The number of aliphatic hydroxyl groups is 1. The summed E-state index contributed by atoms with van der Waals surface area (Å²) in [6, 6.07) is 7.96. The normalized spacial score (nSPS) is 28.7.